The van der Waals surface area contributed by atoms with Gasteiger partial charge >= 0.3 is 0 Å². The maximum atomic E-state index is 11.3. The van der Waals surface area contributed by atoms with E-state index in [-0.39, 0.29) is 5.78 Å². The van der Waals surface area contributed by atoms with Gasteiger partial charge in [0, 0.05) is 55.5 Å². The number of rotatable bonds is 3. The van der Waals surface area contributed by atoms with E-state index in [4.69, 9.17) is 0 Å². The van der Waals surface area contributed by atoms with Crippen LogP contribution in [0, 0.1) is 0 Å². The molecule has 0 unspecified atom stereocenters. The van der Waals surface area contributed by atoms with Crippen molar-refractivity contribution in [2.45, 2.75) is 6.92 Å². The lowest BCUT2D eigenvalue weighted by molar-refractivity contribution is 0.101. The third-order valence-electron chi connectivity index (χ3n) is 3.95. The van der Waals surface area contributed by atoms with Gasteiger partial charge in [0.15, 0.2) is 5.78 Å². The summed E-state index contributed by atoms with van der Waals surface area (Å²) in [7, 11) is 0. The SMILES string of the molecule is CC(=O)c1ccc(N2CCN(c3ccncc3)CC2)cc1. The van der Waals surface area contributed by atoms with Crippen molar-refractivity contribution in [1.82, 2.24) is 4.98 Å². The molecule has 1 saturated heterocycles. The topological polar surface area (TPSA) is 36.4 Å². The summed E-state index contributed by atoms with van der Waals surface area (Å²) in [6.07, 6.45) is 3.67. The second-order valence-corrected chi connectivity index (χ2v) is 5.28. The Labute approximate surface area is 125 Å². The molecule has 0 aliphatic carbocycles. The molecule has 0 N–H and O–H groups in total. The van der Waals surface area contributed by atoms with Gasteiger partial charge in [-0.2, -0.15) is 0 Å². The Bertz CT molecular complexity index is 602. The molecule has 4 heteroatoms. The molecule has 21 heavy (non-hydrogen) atoms. The van der Waals surface area contributed by atoms with Gasteiger partial charge in [-0.25, -0.2) is 0 Å². The Morgan fingerprint density at radius 1 is 0.857 bits per heavy atom. The second-order valence-electron chi connectivity index (χ2n) is 5.28. The molecule has 0 bridgehead atoms. The largest absolute Gasteiger partial charge is 0.368 e. The summed E-state index contributed by atoms with van der Waals surface area (Å²) in [5.41, 5.74) is 3.19. The maximum Gasteiger partial charge on any atom is 0.159 e. The van der Waals surface area contributed by atoms with Crippen molar-refractivity contribution in [2.75, 3.05) is 36.0 Å². The summed E-state index contributed by atoms with van der Waals surface area (Å²) in [5.74, 6) is 0.115. The minimum atomic E-state index is 0.115. The molecule has 108 valence electrons. The highest BCUT2D eigenvalue weighted by Gasteiger charge is 2.17. The maximum absolute atomic E-state index is 11.3. The molecule has 0 saturated carbocycles. The smallest absolute Gasteiger partial charge is 0.159 e. The monoisotopic (exact) mass is 281 g/mol. The minimum absolute atomic E-state index is 0.115. The van der Waals surface area contributed by atoms with E-state index in [2.05, 4.69) is 26.9 Å². The predicted molar refractivity (Wildman–Crippen MR) is 85.1 cm³/mol. The number of benzene rings is 1. The summed E-state index contributed by atoms with van der Waals surface area (Å²) in [5, 5.41) is 0. The zero-order chi connectivity index (χ0) is 14.7. The Hall–Kier alpha value is -2.36. The van der Waals surface area contributed by atoms with Gasteiger partial charge in [0.25, 0.3) is 0 Å². The van der Waals surface area contributed by atoms with Crippen LogP contribution < -0.4 is 9.80 Å². The molecular weight excluding hydrogens is 262 g/mol. The number of nitrogens with zero attached hydrogens (tertiary/aromatic N) is 3. The third kappa shape index (κ3) is 3.05. The van der Waals surface area contributed by atoms with Crippen LogP contribution >= 0.6 is 0 Å². The number of carbonyl (C=O) groups is 1. The number of pyridine rings is 1. The molecule has 0 radical (unpaired) electrons. The van der Waals surface area contributed by atoms with Crippen LogP contribution in [0.1, 0.15) is 17.3 Å². The number of ketones is 1. The molecule has 1 aromatic carbocycles. The highest BCUT2D eigenvalue weighted by atomic mass is 16.1. The number of anilines is 2. The van der Waals surface area contributed by atoms with E-state index in [1.54, 1.807) is 6.92 Å². The van der Waals surface area contributed by atoms with Crippen LogP contribution in [-0.4, -0.2) is 36.9 Å². The number of carbonyl (C=O) groups excluding carboxylic acids is 1. The van der Waals surface area contributed by atoms with Crippen LogP contribution in [0.25, 0.3) is 0 Å². The normalized spacial score (nSPS) is 15.1. The lowest BCUT2D eigenvalue weighted by Crippen LogP contribution is -2.46. The van der Waals surface area contributed by atoms with Gasteiger partial charge in [0.05, 0.1) is 0 Å². The first-order valence-corrected chi connectivity index (χ1v) is 7.25. The van der Waals surface area contributed by atoms with E-state index >= 15 is 0 Å². The van der Waals surface area contributed by atoms with Crippen molar-refractivity contribution < 1.29 is 4.79 Å². The average Bonchev–Trinajstić information content (AvgIpc) is 2.56. The van der Waals surface area contributed by atoms with E-state index in [0.29, 0.717) is 0 Å². The van der Waals surface area contributed by atoms with Gasteiger partial charge in [0.1, 0.15) is 0 Å². The van der Waals surface area contributed by atoms with Crippen molar-refractivity contribution >= 4 is 17.2 Å². The summed E-state index contributed by atoms with van der Waals surface area (Å²) < 4.78 is 0. The number of aromatic nitrogens is 1. The van der Waals surface area contributed by atoms with Crippen LogP contribution in [0.15, 0.2) is 48.8 Å². The van der Waals surface area contributed by atoms with Gasteiger partial charge in [-0.3, -0.25) is 9.78 Å². The molecule has 2 heterocycles. The Kier molecular flexibility index (Phi) is 3.86. The quantitative estimate of drug-likeness (QED) is 0.810. The Morgan fingerprint density at radius 3 is 1.81 bits per heavy atom. The number of Topliss-reactive ketones (excluding diaryl/α,β-unsaturated/α-hetero) is 1. The van der Waals surface area contributed by atoms with Crippen molar-refractivity contribution in [2.24, 2.45) is 0 Å². The first kappa shape index (κ1) is 13.6. The average molecular weight is 281 g/mol. The number of piperazine rings is 1. The van der Waals surface area contributed by atoms with E-state index in [1.807, 2.05) is 36.7 Å². The molecule has 0 amide bonds. The molecule has 4 nitrogen and oxygen atoms in total. The van der Waals surface area contributed by atoms with Gasteiger partial charge in [-0.05, 0) is 43.3 Å². The molecule has 0 atom stereocenters. The lowest BCUT2D eigenvalue weighted by atomic mass is 10.1. The van der Waals surface area contributed by atoms with Crippen molar-refractivity contribution in [3.05, 3.63) is 54.4 Å². The summed E-state index contributed by atoms with van der Waals surface area (Å²) in [6, 6.07) is 12.0. The zero-order valence-corrected chi connectivity index (χ0v) is 12.2. The van der Waals surface area contributed by atoms with E-state index in [9.17, 15) is 4.79 Å². The first-order chi connectivity index (χ1) is 10.2. The predicted octanol–water partition coefficient (Wildman–Crippen LogP) is 2.61. The van der Waals surface area contributed by atoms with Gasteiger partial charge in [-0.1, -0.05) is 0 Å². The Balaban J connectivity index is 1.64. The van der Waals surface area contributed by atoms with Gasteiger partial charge < -0.3 is 9.80 Å². The summed E-state index contributed by atoms with van der Waals surface area (Å²) in [6.45, 7) is 5.57. The van der Waals surface area contributed by atoms with E-state index in [0.717, 1.165) is 31.7 Å². The third-order valence-corrected chi connectivity index (χ3v) is 3.95. The van der Waals surface area contributed by atoms with E-state index in [1.165, 1.54) is 11.4 Å². The fourth-order valence-electron chi connectivity index (χ4n) is 2.68. The fraction of sp³-hybridized carbons (Fsp3) is 0.294. The number of hydrogen-bond donors (Lipinski definition) is 0. The molecule has 3 rings (SSSR count). The highest BCUT2D eigenvalue weighted by Crippen LogP contribution is 2.20. The van der Waals surface area contributed by atoms with E-state index < -0.39 is 0 Å². The van der Waals surface area contributed by atoms with Crippen LogP contribution in [0.3, 0.4) is 0 Å². The van der Waals surface area contributed by atoms with Crippen molar-refractivity contribution in [1.29, 1.82) is 0 Å². The van der Waals surface area contributed by atoms with Gasteiger partial charge in [0.2, 0.25) is 0 Å². The summed E-state index contributed by atoms with van der Waals surface area (Å²) in [4.78, 5) is 20.1. The van der Waals surface area contributed by atoms with Crippen LogP contribution in [0.2, 0.25) is 0 Å². The van der Waals surface area contributed by atoms with Crippen LogP contribution in [0.4, 0.5) is 11.4 Å². The molecule has 1 aromatic heterocycles. The number of hydrogen-bond acceptors (Lipinski definition) is 4. The van der Waals surface area contributed by atoms with Crippen molar-refractivity contribution in [3.63, 3.8) is 0 Å². The van der Waals surface area contributed by atoms with Crippen molar-refractivity contribution in [3.8, 4) is 0 Å². The minimum Gasteiger partial charge on any atom is -0.368 e. The van der Waals surface area contributed by atoms with Crippen LogP contribution in [-0.2, 0) is 0 Å². The lowest BCUT2D eigenvalue weighted by Gasteiger charge is -2.37. The second kappa shape index (κ2) is 5.95. The zero-order valence-electron chi connectivity index (χ0n) is 12.2. The summed E-state index contributed by atoms with van der Waals surface area (Å²) >= 11 is 0. The molecule has 1 aliphatic heterocycles. The fourth-order valence-corrected chi connectivity index (χ4v) is 2.68. The molecule has 0 spiro atoms. The molecular formula is C17H19N3O. The molecule has 1 aliphatic rings. The Morgan fingerprint density at radius 2 is 1.33 bits per heavy atom. The highest BCUT2D eigenvalue weighted by molar-refractivity contribution is 5.94. The van der Waals surface area contributed by atoms with Gasteiger partial charge in [-0.15, -0.1) is 0 Å². The van der Waals surface area contributed by atoms with Crippen LogP contribution in [0.5, 0.6) is 0 Å². The molecule has 2 aromatic rings. The standard InChI is InChI=1S/C17H19N3O/c1-14(21)15-2-4-16(5-3-15)19-10-12-20(13-11-19)17-6-8-18-9-7-17/h2-9H,10-13H2,1H3. The molecule has 1 fully saturated rings. The first-order valence-electron chi connectivity index (χ1n) is 7.25.